The SMILES string of the molecule is c1ccc(COc2cc(COc3cc(COCc4c5ccccc5c(COCc5cc(OCc6cc(OCc7ccccc7)cc(OCc7ccccc7)c6)cc(OCc6cc(OCc7ccccc7)cc(OCc7ccccc7)c6)c5)c5ccccc45)cc(OCc4cc(OCc5ccccc5)cc(OCc5ccccc5)c4)c3)cc(OCc3ccccc3)c2)cc1. The maximum Gasteiger partial charge on any atom is 0.123 e. The molecule has 638 valence electrons. The van der Waals surface area contributed by atoms with Gasteiger partial charge >= 0.3 is 0 Å². The molecule has 17 rings (SSSR count). The molecule has 0 atom stereocenters. The van der Waals surface area contributed by atoms with Crippen LogP contribution in [-0.4, -0.2) is 0 Å². The molecule has 0 spiro atoms. The second-order valence-electron chi connectivity index (χ2n) is 31.3. The Hall–Kier alpha value is -15.2. The lowest BCUT2D eigenvalue weighted by Gasteiger charge is -2.18. The van der Waals surface area contributed by atoms with Crippen LogP contribution in [-0.2, 0) is 115 Å². The van der Waals surface area contributed by atoms with E-state index in [9.17, 15) is 0 Å². The van der Waals surface area contributed by atoms with Crippen LogP contribution in [0.3, 0.4) is 0 Å². The van der Waals surface area contributed by atoms with E-state index in [0.29, 0.717) is 122 Å². The van der Waals surface area contributed by atoms with Gasteiger partial charge in [0.25, 0.3) is 0 Å². The highest BCUT2D eigenvalue weighted by molar-refractivity contribution is 6.05. The Bertz CT molecular complexity index is 5380. The topological polar surface area (TPSA) is 129 Å². The number of benzene rings is 17. The molecule has 0 saturated heterocycles. The van der Waals surface area contributed by atoms with Crippen LogP contribution < -0.4 is 56.8 Å². The minimum Gasteiger partial charge on any atom is -0.489 e. The van der Waals surface area contributed by atoms with Crippen molar-refractivity contribution in [3.05, 3.63) is 489 Å². The van der Waals surface area contributed by atoms with Crippen LogP contribution in [0.15, 0.2) is 400 Å². The molecule has 128 heavy (non-hydrogen) atoms. The number of fused-ring (bicyclic) bond motifs is 2. The number of hydrogen-bond donors (Lipinski definition) is 0. The molecule has 17 aromatic carbocycles. The minimum atomic E-state index is 0.188. The van der Waals surface area contributed by atoms with Crippen LogP contribution in [0.25, 0.3) is 21.5 Å². The Balaban J connectivity index is 0.638. The highest BCUT2D eigenvalue weighted by Gasteiger charge is 2.19. The molecule has 0 aromatic heterocycles. The second-order valence-corrected chi connectivity index (χ2v) is 31.3. The highest BCUT2D eigenvalue weighted by Crippen LogP contribution is 2.38. The molecule has 0 heterocycles. The van der Waals surface area contributed by atoms with Crippen LogP contribution in [0.1, 0.15) is 89.0 Å². The van der Waals surface area contributed by atoms with Gasteiger partial charge in [0, 0.05) is 36.4 Å². The molecule has 0 bridgehead atoms. The molecule has 0 N–H and O–H groups in total. The third-order valence-corrected chi connectivity index (χ3v) is 21.4. The van der Waals surface area contributed by atoms with Gasteiger partial charge in [-0.25, -0.2) is 0 Å². The van der Waals surface area contributed by atoms with Crippen LogP contribution in [0.5, 0.6) is 69.0 Å². The summed E-state index contributed by atoms with van der Waals surface area (Å²) in [6.45, 7) is 4.79. The summed E-state index contributed by atoms with van der Waals surface area (Å²) in [7, 11) is 0. The first-order valence-electron chi connectivity index (χ1n) is 43.1. The quantitative estimate of drug-likeness (QED) is 0.0336. The first kappa shape index (κ1) is 85.0. The molecule has 0 aliphatic carbocycles. The Morgan fingerprint density at radius 1 is 0.109 bits per heavy atom. The van der Waals surface area contributed by atoms with Gasteiger partial charge in [-0.15, -0.1) is 0 Å². The fourth-order valence-corrected chi connectivity index (χ4v) is 15.0. The van der Waals surface area contributed by atoms with Gasteiger partial charge in [-0.05, 0) is 183 Å². The van der Waals surface area contributed by atoms with E-state index in [-0.39, 0.29) is 52.9 Å². The van der Waals surface area contributed by atoms with E-state index in [2.05, 4.69) is 48.5 Å². The van der Waals surface area contributed by atoms with E-state index in [4.69, 9.17) is 66.3 Å². The summed E-state index contributed by atoms with van der Waals surface area (Å²) in [5, 5.41) is 4.19. The Morgan fingerprint density at radius 2 is 0.234 bits per heavy atom. The normalized spacial score (nSPS) is 11.1. The highest BCUT2D eigenvalue weighted by atomic mass is 16.5. The maximum absolute atomic E-state index is 6.95. The van der Waals surface area contributed by atoms with Crippen molar-refractivity contribution in [1.29, 1.82) is 0 Å². The zero-order chi connectivity index (χ0) is 86.4. The molecule has 0 saturated carbocycles. The minimum absolute atomic E-state index is 0.188. The van der Waals surface area contributed by atoms with Crippen LogP contribution in [0.4, 0.5) is 0 Å². The largest absolute Gasteiger partial charge is 0.489 e. The fourth-order valence-electron chi connectivity index (χ4n) is 15.0. The molecule has 17 aromatic rings. The number of hydrogen-bond acceptors (Lipinski definition) is 14. The van der Waals surface area contributed by atoms with Gasteiger partial charge < -0.3 is 66.3 Å². The molecule has 14 nitrogen and oxygen atoms in total. The van der Waals surface area contributed by atoms with Crippen molar-refractivity contribution >= 4 is 21.5 Å². The first-order chi connectivity index (χ1) is 63.3. The Morgan fingerprint density at radius 3 is 0.383 bits per heavy atom. The zero-order valence-electron chi connectivity index (χ0n) is 71.1. The van der Waals surface area contributed by atoms with Crippen LogP contribution >= 0.6 is 0 Å². The molecular weight excluding hydrogens is 1590 g/mol. The zero-order valence-corrected chi connectivity index (χ0v) is 71.1. The monoisotopic (exact) mass is 1690 g/mol. The lowest BCUT2D eigenvalue weighted by Crippen LogP contribution is -2.04. The number of rotatable bonds is 44. The molecule has 0 radical (unpaired) electrons. The molecular formula is C114H98O14. The van der Waals surface area contributed by atoms with Gasteiger partial charge in [-0.3, -0.25) is 0 Å². The third-order valence-electron chi connectivity index (χ3n) is 21.4. The average Bonchev–Trinajstić information content (AvgIpc) is 0.753. The van der Waals surface area contributed by atoms with Crippen molar-refractivity contribution in [2.24, 2.45) is 0 Å². The molecule has 0 fully saturated rings. The van der Waals surface area contributed by atoms with E-state index < -0.39 is 0 Å². The summed E-state index contributed by atoms with van der Waals surface area (Å²) in [5.41, 5.74) is 15.5. The summed E-state index contributed by atoms with van der Waals surface area (Å²) < 4.78 is 92.8. The lowest BCUT2D eigenvalue weighted by molar-refractivity contribution is 0.107. The van der Waals surface area contributed by atoms with Crippen molar-refractivity contribution < 1.29 is 66.3 Å². The average molecular weight is 1690 g/mol. The van der Waals surface area contributed by atoms with Gasteiger partial charge in [0.15, 0.2) is 0 Å². The van der Waals surface area contributed by atoms with Crippen molar-refractivity contribution in [3.8, 4) is 69.0 Å². The van der Waals surface area contributed by atoms with E-state index in [0.717, 1.165) is 111 Å². The number of ether oxygens (including phenoxy) is 14. The molecule has 0 unspecified atom stereocenters. The molecule has 0 aliphatic rings. The molecule has 0 amide bonds. The van der Waals surface area contributed by atoms with Crippen molar-refractivity contribution in [1.82, 2.24) is 0 Å². The summed E-state index contributed by atoms with van der Waals surface area (Å²) in [5.74, 6) is 7.56. The van der Waals surface area contributed by atoms with E-state index >= 15 is 0 Å². The summed E-state index contributed by atoms with van der Waals surface area (Å²) in [6, 6.07) is 133. The van der Waals surface area contributed by atoms with Crippen molar-refractivity contribution in [2.45, 2.75) is 106 Å². The fraction of sp³-hybridized carbons (Fsp3) is 0.140. The first-order valence-corrected chi connectivity index (χ1v) is 43.1. The summed E-state index contributed by atoms with van der Waals surface area (Å²) in [6.07, 6.45) is 0. The van der Waals surface area contributed by atoms with E-state index in [1.54, 1.807) is 0 Å². The smallest absolute Gasteiger partial charge is 0.123 e. The summed E-state index contributed by atoms with van der Waals surface area (Å²) >= 11 is 0. The van der Waals surface area contributed by atoms with Gasteiger partial charge in [0.2, 0.25) is 0 Å². The molecule has 0 aliphatic heterocycles. The van der Waals surface area contributed by atoms with Crippen molar-refractivity contribution in [3.63, 3.8) is 0 Å². The van der Waals surface area contributed by atoms with Crippen molar-refractivity contribution in [2.75, 3.05) is 0 Å². The van der Waals surface area contributed by atoms with E-state index in [1.165, 1.54) is 0 Å². The van der Waals surface area contributed by atoms with Gasteiger partial charge in [-0.2, -0.15) is 0 Å². The standard InChI is InChI=1S/C114H98O14/c1-9-29-83(30-10-1)69-117-101-53-93(54-102(63-101)118-70-84-31-11-2-12-32-84)77-125-97-49-91(50-98(61-97)126-78-94-55-103(119-71-85-33-13-3-14-34-85)64-104(56-94)120-72-86-35-15-4-16-36-86)67-115-81-113-109-45-25-27-47-111(109)114(112-48-28-26-46-110(112)113)82-116-68-92-51-99(127-79-95-57-105(121-73-87-37-17-5-18-38-87)65-106(58-95)122-74-88-39-19-6-20-40-88)62-100(52-92)128-80-96-59-107(123-75-89-41-21-7-22-42-89)66-108(60-96)124-76-90-43-23-8-24-44-90/h1-66H,67-82H2. The molecule has 14 heteroatoms. The van der Waals surface area contributed by atoms with Crippen LogP contribution in [0, 0.1) is 0 Å². The predicted octanol–water partition coefficient (Wildman–Crippen LogP) is 26.4. The maximum atomic E-state index is 6.95. The third kappa shape index (κ3) is 25.1. The Kier molecular flexibility index (Phi) is 29.1. The summed E-state index contributed by atoms with van der Waals surface area (Å²) in [4.78, 5) is 0. The van der Waals surface area contributed by atoms with Crippen LogP contribution in [0.2, 0.25) is 0 Å². The van der Waals surface area contributed by atoms with Gasteiger partial charge in [0.1, 0.15) is 148 Å². The lowest BCUT2D eigenvalue weighted by atomic mass is 9.92. The van der Waals surface area contributed by atoms with Gasteiger partial charge in [-0.1, -0.05) is 291 Å². The Labute approximate surface area is 747 Å². The van der Waals surface area contributed by atoms with E-state index in [1.807, 2.05) is 352 Å². The van der Waals surface area contributed by atoms with Gasteiger partial charge in [0.05, 0.1) is 26.4 Å². The predicted molar refractivity (Wildman–Crippen MR) is 501 cm³/mol. The second kappa shape index (κ2) is 43.9.